The summed E-state index contributed by atoms with van der Waals surface area (Å²) in [5.41, 5.74) is 1.60. The molecule has 0 bridgehead atoms. The van der Waals surface area contributed by atoms with Crippen molar-refractivity contribution < 1.29 is 9.59 Å². The summed E-state index contributed by atoms with van der Waals surface area (Å²) in [5.74, 6) is -0.0544. The maximum atomic E-state index is 10.6. The van der Waals surface area contributed by atoms with Crippen LogP contribution >= 0.6 is 0 Å². The Morgan fingerprint density at radius 2 is 2.13 bits per heavy atom. The molecule has 0 fully saturated rings. The van der Waals surface area contributed by atoms with Crippen molar-refractivity contribution in [3.8, 4) is 0 Å². The third kappa shape index (κ3) is 4.22. The summed E-state index contributed by atoms with van der Waals surface area (Å²) in [4.78, 5) is 21.1. The molecular formula is C12H13NO2. The van der Waals surface area contributed by atoms with Crippen molar-refractivity contribution in [1.82, 2.24) is 5.32 Å². The minimum Gasteiger partial charge on any atom is -0.353 e. The summed E-state index contributed by atoms with van der Waals surface area (Å²) < 4.78 is 0. The fraction of sp³-hybridized carbons (Fsp3) is 0.167. The van der Waals surface area contributed by atoms with Crippen molar-refractivity contribution in [3.63, 3.8) is 0 Å². The summed E-state index contributed by atoms with van der Waals surface area (Å²) in [7, 11) is 0. The van der Waals surface area contributed by atoms with Gasteiger partial charge in [0, 0.05) is 19.0 Å². The number of hydrogen-bond acceptors (Lipinski definition) is 2. The lowest BCUT2D eigenvalue weighted by Crippen LogP contribution is -2.19. The summed E-state index contributed by atoms with van der Waals surface area (Å²) in [6.07, 6.45) is 4.51. The molecule has 0 spiro atoms. The lowest BCUT2D eigenvalue weighted by atomic mass is 10.1. The van der Waals surface area contributed by atoms with Gasteiger partial charge in [-0.3, -0.25) is 9.59 Å². The number of amides is 1. The second-order valence-corrected chi connectivity index (χ2v) is 3.13. The molecule has 0 heterocycles. The molecule has 3 nitrogen and oxygen atoms in total. The molecule has 0 saturated carbocycles. The molecule has 0 aliphatic heterocycles. The first kappa shape index (κ1) is 11.2. The van der Waals surface area contributed by atoms with Gasteiger partial charge in [-0.05, 0) is 11.6 Å². The fourth-order valence-corrected chi connectivity index (χ4v) is 1.13. The van der Waals surface area contributed by atoms with Gasteiger partial charge in [-0.1, -0.05) is 30.4 Å². The van der Waals surface area contributed by atoms with Crippen LogP contribution in [0.2, 0.25) is 0 Å². The number of carbonyl (C=O) groups excluding carboxylic acids is 2. The van der Waals surface area contributed by atoms with E-state index in [1.54, 1.807) is 12.1 Å². The normalized spacial score (nSPS) is 10.2. The molecule has 0 radical (unpaired) electrons. The molecule has 0 aliphatic rings. The maximum Gasteiger partial charge on any atom is 0.217 e. The highest BCUT2D eigenvalue weighted by Gasteiger charge is 1.90. The van der Waals surface area contributed by atoms with Crippen LogP contribution in [-0.2, 0) is 4.79 Å². The Morgan fingerprint density at radius 1 is 1.40 bits per heavy atom. The van der Waals surface area contributed by atoms with Crippen LogP contribution in [0.3, 0.4) is 0 Å². The standard InChI is InChI=1S/C12H13NO2/c1-10(15)13-7-3-6-11-4-2-5-12(8-11)9-14/h2-6,8-9H,7H2,1H3,(H,13,15). The van der Waals surface area contributed by atoms with Crippen LogP contribution in [0.5, 0.6) is 0 Å². The van der Waals surface area contributed by atoms with Crippen LogP contribution in [0.1, 0.15) is 22.8 Å². The predicted octanol–water partition coefficient (Wildman–Crippen LogP) is 1.65. The molecule has 0 unspecified atom stereocenters. The first-order chi connectivity index (χ1) is 7.22. The van der Waals surface area contributed by atoms with Gasteiger partial charge in [0.15, 0.2) is 0 Å². The number of carbonyl (C=O) groups is 2. The van der Waals surface area contributed by atoms with E-state index in [1.165, 1.54) is 6.92 Å². The molecule has 1 aromatic carbocycles. The van der Waals surface area contributed by atoms with Gasteiger partial charge in [0.1, 0.15) is 6.29 Å². The minimum absolute atomic E-state index is 0.0544. The zero-order valence-electron chi connectivity index (χ0n) is 8.57. The Kier molecular flexibility index (Phi) is 4.29. The Bertz CT molecular complexity index is 383. The molecule has 0 aliphatic carbocycles. The average molecular weight is 203 g/mol. The van der Waals surface area contributed by atoms with Crippen molar-refractivity contribution in [2.75, 3.05) is 6.54 Å². The van der Waals surface area contributed by atoms with E-state index in [0.29, 0.717) is 12.1 Å². The van der Waals surface area contributed by atoms with Crippen molar-refractivity contribution in [2.45, 2.75) is 6.92 Å². The van der Waals surface area contributed by atoms with E-state index in [4.69, 9.17) is 0 Å². The second kappa shape index (κ2) is 5.75. The van der Waals surface area contributed by atoms with Crippen molar-refractivity contribution in [2.24, 2.45) is 0 Å². The third-order valence-corrected chi connectivity index (χ3v) is 1.83. The van der Waals surface area contributed by atoms with E-state index in [9.17, 15) is 9.59 Å². The van der Waals surface area contributed by atoms with Gasteiger partial charge >= 0.3 is 0 Å². The number of aldehydes is 1. The van der Waals surface area contributed by atoms with E-state index in [0.717, 1.165) is 11.8 Å². The number of rotatable bonds is 4. The lowest BCUT2D eigenvalue weighted by molar-refractivity contribution is -0.118. The highest BCUT2D eigenvalue weighted by atomic mass is 16.1. The van der Waals surface area contributed by atoms with Gasteiger partial charge < -0.3 is 5.32 Å². The summed E-state index contributed by atoms with van der Waals surface area (Å²) in [6.45, 7) is 1.97. The predicted molar refractivity (Wildman–Crippen MR) is 59.5 cm³/mol. The topological polar surface area (TPSA) is 46.2 Å². The molecule has 0 atom stereocenters. The highest BCUT2D eigenvalue weighted by molar-refractivity contribution is 5.76. The minimum atomic E-state index is -0.0544. The Balaban J connectivity index is 2.56. The fourth-order valence-electron chi connectivity index (χ4n) is 1.13. The number of benzene rings is 1. The van der Waals surface area contributed by atoms with E-state index >= 15 is 0 Å². The van der Waals surface area contributed by atoms with Gasteiger partial charge in [0.25, 0.3) is 0 Å². The number of nitrogens with one attached hydrogen (secondary N) is 1. The first-order valence-electron chi connectivity index (χ1n) is 4.68. The van der Waals surface area contributed by atoms with Crippen LogP contribution < -0.4 is 5.32 Å². The molecule has 78 valence electrons. The van der Waals surface area contributed by atoms with Gasteiger partial charge in [0.2, 0.25) is 5.91 Å². The molecule has 1 N–H and O–H groups in total. The van der Waals surface area contributed by atoms with E-state index in [2.05, 4.69) is 5.32 Å². The highest BCUT2D eigenvalue weighted by Crippen LogP contribution is 2.04. The molecule has 0 saturated heterocycles. The third-order valence-electron chi connectivity index (χ3n) is 1.83. The Hall–Kier alpha value is -1.90. The summed E-state index contributed by atoms with van der Waals surface area (Å²) >= 11 is 0. The maximum absolute atomic E-state index is 10.6. The Morgan fingerprint density at radius 3 is 2.80 bits per heavy atom. The second-order valence-electron chi connectivity index (χ2n) is 3.13. The molecule has 1 aromatic rings. The van der Waals surface area contributed by atoms with Crippen molar-refractivity contribution in [1.29, 1.82) is 0 Å². The van der Waals surface area contributed by atoms with Gasteiger partial charge in [-0.15, -0.1) is 0 Å². The van der Waals surface area contributed by atoms with Crippen LogP contribution in [0, 0.1) is 0 Å². The number of hydrogen-bond donors (Lipinski definition) is 1. The SMILES string of the molecule is CC(=O)NCC=Cc1cccc(C=O)c1. The largest absolute Gasteiger partial charge is 0.353 e. The van der Waals surface area contributed by atoms with Gasteiger partial charge in [-0.25, -0.2) is 0 Å². The van der Waals surface area contributed by atoms with Crippen molar-refractivity contribution in [3.05, 3.63) is 41.5 Å². The monoisotopic (exact) mass is 203 g/mol. The molecule has 0 aromatic heterocycles. The van der Waals surface area contributed by atoms with Gasteiger partial charge in [-0.2, -0.15) is 0 Å². The summed E-state index contributed by atoms with van der Waals surface area (Å²) in [5, 5.41) is 2.65. The van der Waals surface area contributed by atoms with Gasteiger partial charge in [0.05, 0.1) is 0 Å². The Labute approximate surface area is 88.8 Å². The van der Waals surface area contributed by atoms with Crippen LogP contribution in [-0.4, -0.2) is 18.7 Å². The quantitative estimate of drug-likeness (QED) is 0.756. The molecule has 3 heteroatoms. The molecular weight excluding hydrogens is 190 g/mol. The van der Waals surface area contributed by atoms with E-state index < -0.39 is 0 Å². The lowest BCUT2D eigenvalue weighted by Gasteiger charge is -1.96. The summed E-state index contributed by atoms with van der Waals surface area (Å²) in [6, 6.07) is 7.26. The van der Waals surface area contributed by atoms with Crippen LogP contribution in [0.15, 0.2) is 30.3 Å². The molecule has 15 heavy (non-hydrogen) atoms. The zero-order chi connectivity index (χ0) is 11.1. The molecule has 1 rings (SSSR count). The zero-order valence-corrected chi connectivity index (χ0v) is 8.57. The average Bonchev–Trinajstić information content (AvgIpc) is 2.24. The van der Waals surface area contributed by atoms with E-state index in [1.807, 2.05) is 24.3 Å². The smallest absolute Gasteiger partial charge is 0.217 e. The molecule has 1 amide bonds. The van der Waals surface area contributed by atoms with E-state index in [-0.39, 0.29) is 5.91 Å². The first-order valence-corrected chi connectivity index (χ1v) is 4.68. The van der Waals surface area contributed by atoms with Crippen LogP contribution in [0.4, 0.5) is 0 Å². The van der Waals surface area contributed by atoms with Crippen molar-refractivity contribution >= 4 is 18.3 Å². The van der Waals surface area contributed by atoms with Crippen LogP contribution in [0.25, 0.3) is 6.08 Å².